The van der Waals surface area contributed by atoms with Crippen molar-refractivity contribution in [1.82, 2.24) is 5.32 Å². The van der Waals surface area contributed by atoms with E-state index in [0.29, 0.717) is 17.9 Å². The first-order valence-corrected chi connectivity index (χ1v) is 10.2. The van der Waals surface area contributed by atoms with Crippen LogP contribution in [0, 0.1) is 6.92 Å². The molecule has 0 radical (unpaired) electrons. The highest BCUT2D eigenvalue weighted by atomic mass is 32.2. The molecule has 0 saturated heterocycles. The van der Waals surface area contributed by atoms with Gasteiger partial charge in [0.05, 0.1) is 11.9 Å². The van der Waals surface area contributed by atoms with Crippen LogP contribution in [0.4, 0.5) is 11.4 Å². The quantitative estimate of drug-likeness (QED) is 0.757. The lowest BCUT2D eigenvalue weighted by Gasteiger charge is -2.22. The van der Waals surface area contributed by atoms with Gasteiger partial charge in [-0.15, -0.1) is 0 Å². The summed E-state index contributed by atoms with van der Waals surface area (Å²) >= 11 is 0. The molecule has 27 heavy (non-hydrogen) atoms. The predicted molar refractivity (Wildman–Crippen MR) is 106 cm³/mol. The Balaban J connectivity index is 2.06. The number of aryl methyl sites for hydroxylation is 1. The number of sulfonamides is 1. The maximum Gasteiger partial charge on any atom is 0.241 e. The average Bonchev–Trinajstić information content (AvgIpc) is 2.58. The van der Waals surface area contributed by atoms with Crippen molar-refractivity contribution in [3.63, 3.8) is 0 Å². The molecule has 7 nitrogen and oxygen atoms in total. The summed E-state index contributed by atoms with van der Waals surface area (Å²) in [7, 11) is -3.65. The molecular formula is C19H23N3O4S. The summed E-state index contributed by atoms with van der Waals surface area (Å²) in [6.45, 7) is 3.35. The van der Waals surface area contributed by atoms with Crippen LogP contribution in [0.5, 0.6) is 0 Å². The molecule has 2 rings (SSSR count). The summed E-state index contributed by atoms with van der Waals surface area (Å²) in [5, 5.41) is 5.33. The summed E-state index contributed by atoms with van der Waals surface area (Å²) in [6, 6.07) is 14.0. The fraction of sp³-hybridized carbons (Fsp3) is 0.263. The third-order valence-corrected chi connectivity index (χ3v) is 4.91. The number of anilines is 2. The topological polar surface area (TPSA) is 95.6 Å². The largest absolute Gasteiger partial charge is 0.350 e. The van der Waals surface area contributed by atoms with Gasteiger partial charge < -0.3 is 10.6 Å². The van der Waals surface area contributed by atoms with E-state index in [4.69, 9.17) is 0 Å². The summed E-state index contributed by atoms with van der Waals surface area (Å²) < 4.78 is 25.3. The predicted octanol–water partition coefficient (Wildman–Crippen LogP) is 2.04. The molecule has 2 aromatic rings. The van der Waals surface area contributed by atoms with Gasteiger partial charge in [-0.2, -0.15) is 0 Å². The number of amides is 2. The number of hydrogen-bond acceptors (Lipinski definition) is 4. The number of rotatable bonds is 7. The second-order valence-corrected chi connectivity index (χ2v) is 8.17. The molecule has 8 heteroatoms. The minimum Gasteiger partial charge on any atom is -0.350 e. The number of benzene rings is 2. The Morgan fingerprint density at radius 1 is 1.00 bits per heavy atom. The minimum absolute atomic E-state index is 0.224. The molecule has 0 bridgehead atoms. The zero-order valence-electron chi connectivity index (χ0n) is 15.5. The van der Waals surface area contributed by atoms with Gasteiger partial charge in [-0.3, -0.25) is 13.9 Å². The lowest BCUT2D eigenvalue weighted by atomic mass is 10.1. The maximum absolute atomic E-state index is 12.3. The minimum atomic E-state index is -3.65. The summed E-state index contributed by atoms with van der Waals surface area (Å²) in [5.74, 6) is -0.634. The van der Waals surface area contributed by atoms with Crippen LogP contribution in [0.25, 0.3) is 0 Å². The number of carbonyl (C=O) groups is 2. The zero-order valence-corrected chi connectivity index (χ0v) is 16.3. The van der Waals surface area contributed by atoms with E-state index >= 15 is 0 Å². The lowest BCUT2D eigenvalue weighted by Crippen LogP contribution is -2.40. The summed E-state index contributed by atoms with van der Waals surface area (Å²) in [6.07, 6.45) is 1.04. The standard InChI is InChI=1S/C19H23N3O4S/c1-14-4-6-16(7-5-14)12-20-19(24)13-22(27(3,25)26)18-10-8-17(9-11-18)21-15(2)23/h4-11H,12-13H2,1-3H3,(H,20,24)(H,21,23). The Morgan fingerprint density at radius 3 is 2.11 bits per heavy atom. The lowest BCUT2D eigenvalue weighted by molar-refractivity contribution is -0.119. The molecule has 0 aliphatic rings. The molecule has 0 atom stereocenters. The molecule has 0 spiro atoms. The van der Waals surface area contributed by atoms with Crippen molar-refractivity contribution >= 4 is 33.2 Å². The van der Waals surface area contributed by atoms with Crippen LogP contribution in [0.15, 0.2) is 48.5 Å². The normalized spacial score (nSPS) is 10.9. The number of nitrogens with one attached hydrogen (secondary N) is 2. The van der Waals surface area contributed by atoms with E-state index in [1.165, 1.54) is 6.92 Å². The average molecular weight is 389 g/mol. The smallest absolute Gasteiger partial charge is 0.241 e. The van der Waals surface area contributed by atoms with Gasteiger partial charge in [0.1, 0.15) is 6.54 Å². The van der Waals surface area contributed by atoms with E-state index in [9.17, 15) is 18.0 Å². The Hall–Kier alpha value is -2.87. The second kappa shape index (κ2) is 8.68. The van der Waals surface area contributed by atoms with Gasteiger partial charge >= 0.3 is 0 Å². The Morgan fingerprint density at radius 2 is 1.59 bits per heavy atom. The monoisotopic (exact) mass is 389 g/mol. The molecule has 0 heterocycles. The van der Waals surface area contributed by atoms with E-state index in [-0.39, 0.29) is 12.5 Å². The van der Waals surface area contributed by atoms with Gasteiger partial charge in [0, 0.05) is 19.2 Å². The van der Waals surface area contributed by atoms with Gasteiger partial charge in [0.25, 0.3) is 0 Å². The second-order valence-electron chi connectivity index (χ2n) is 6.26. The van der Waals surface area contributed by atoms with Crippen LogP contribution < -0.4 is 14.9 Å². The van der Waals surface area contributed by atoms with Crippen molar-refractivity contribution in [2.75, 3.05) is 22.4 Å². The summed E-state index contributed by atoms with van der Waals surface area (Å²) in [5.41, 5.74) is 2.94. The van der Waals surface area contributed by atoms with Crippen LogP contribution in [0.3, 0.4) is 0 Å². The van der Waals surface area contributed by atoms with Crippen molar-refractivity contribution in [2.24, 2.45) is 0 Å². The Bertz CT molecular complexity index is 907. The van der Waals surface area contributed by atoms with Gasteiger partial charge in [0.2, 0.25) is 21.8 Å². The van der Waals surface area contributed by atoms with E-state index < -0.39 is 15.9 Å². The van der Waals surface area contributed by atoms with Gasteiger partial charge in [-0.1, -0.05) is 29.8 Å². The van der Waals surface area contributed by atoms with Crippen LogP contribution in [0.1, 0.15) is 18.1 Å². The highest BCUT2D eigenvalue weighted by Crippen LogP contribution is 2.20. The van der Waals surface area contributed by atoms with Crippen molar-refractivity contribution < 1.29 is 18.0 Å². The van der Waals surface area contributed by atoms with Gasteiger partial charge in [-0.05, 0) is 36.8 Å². The van der Waals surface area contributed by atoms with Crippen molar-refractivity contribution in [3.05, 3.63) is 59.7 Å². The van der Waals surface area contributed by atoms with Crippen molar-refractivity contribution in [2.45, 2.75) is 20.4 Å². The van der Waals surface area contributed by atoms with E-state index in [2.05, 4.69) is 10.6 Å². The molecule has 0 aliphatic carbocycles. The summed E-state index contributed by atoms with van der Waals surface area (Å²) in [4.78, 5) is 23.3. The SMILES string of the molecule is CC(=O)Nc1ccc(N(CC(=O)NCc2ccc(C)cc2)S(C)(=O)=O)cc1. The molecule has 0 unspecified atom stereocenters. The van der Waals surface area contributed by atoms with Crippen LogP contribution >= 0.6 is 0 Å². The van der Waals surface area contributed by atoms with Crippen molar-refractivity contribution in [1.29, 1.82) is 0 Å². The molecule has 0 aliphatic heterocycles. The van der Waals surface area contributed by atoms with Crippen LogP contribution in [-0.4, -0.2) is 33.0 Å². The van der Waals surface area contributed by atoms with Crippen LogP contribution in [0.2, 0.25) is 0 Å². The van der Waals surface area contributed by atoms with Gasteiger partial charge in [0.15, 0.2) is 0 Å². The first kappa shape index (κ1) is 20.4. The van der Waals surface area contributed by atoms with Gasteiger partial charge in [-0.25, -0.2) is 8.42 Å². The van der Waals surface area contributed by atoms with Crippen molar-refractivity contribution in [3.8, 4) is 0 Å². The number of hydrogen-bond donors (Lipinski definition) is 2. The molecule has 0 fully saturated rings. The zero-order chi connectivity index (χ0) is 20.0. The fourth-order valence-corrected chi connectivity index (χ4v) is 3.26. The Kier molecular flexibility index (Phi) is 6.57. The van der Waals surface area contributed by atoms with E-state index in [1.807, 2.05) is 31.2 Å². The molecule has 0 saturated carbocycles. The number of carbonyl (C=O) groups excluding carboxylic acids is 2. The highest BCUT2D eigenvalue weighted by molar-refractivity contribution is 7.92. The first-order chi connectivity index (χ1) is 12.6. The van der Waals surface area contributed by atoms with Crippen LogP contribution in [-0.2, 0) is 26.2 Å². The molecule has 144 valence electrons. The Labute approximate surface area is 159 Å². The molecule has 2 amide bonds. The molecule has 0 aromatic heterocycles. The number of nitrogens with zero attached hydrogens (tertiary/aromatic N) is 1. The molecular weight excluding hydrogens is 366 g/mol. The molecule has 2 aromatic carbocycles. The third-order valence-electron chi connectivity index (χ3n) is 3.77. The fourth-order valence-electron chi connectivity index (χ4n) is 2.41. The first-order valence-electron chi connectivity index (χ1n) is 8.33. The third kappa shape index (κ3) is 6.41. The maximum atomic E-state index is 12.3. The highest BCUT2D eigenvalue weighted by Gasteiger charge is 2.20. The molecule has 2 N–H and O–H groups in total. The van der Waals surface area contributed by atoms with E-state index in [1.54, 1.807) is 24.3 Å². The van der Waals surface area contributed by atoms with E-state index in [0.717, 1.165) is 21.7 Å².